The van der Waals surface area contributed by atoms with Crippen LogP contribution >= 0.6 is 0 Å². The van der Waals surface area contributed by atoms with Crippen molar-refractivity contribution in [1.82, 2.24) is 10.1 Å². The van der Waals surface area contributed by atoms with Gasteiger partial charge < -0.3 is 9.63 Å². The van der Waals surface area contributed by atoms with Gasteiger partial charge in [-0.3, -0.25) is 9.78 Å². The topological polar surface area (TPSA) is 76.2 Å². The van der Waals surface area contributed by atoms with Crippen molar-refractivity contribution in [2.24, 2.45) is 0 Å². The Balaban J connectivity index is 1.99. The molecule has 2 aromatic rings. The van der Waals surface area contributed by atoms with Gasteiger partial charge in [0.25, 0.3) is 0 Å². The van der Waals surface area contributed by atoms with Crippen molar-refractivity contribution in [3.05, 3.63) is 36.3 Å². The fourth-order valence-electron chi connectivity index (χ4n) is 2.70. The third-order valence-corrected chi connectivity index (χ3v) is 3.81. The molecule has 2 heterocycles. The van der Waals surface area contributed by atoms with E-state index < -0.39 is 11.4 Å². The summed E-state index contributed by atoms with van der Waals surface area (Å²) < 4.78 is 5.28. The maximum absolute atomic E-state index is 11.6. The van der Waals surface area contributed by atoms with Crippen LogP contribution < -0.4 is 0 Å². The predicted molar refractivity (Wildman–Crippen MR) is 67.5 cm³/mol. The molecule has 0 bridgehead atoms. The van der Waals surface area contributed by atoms with Crippen LogP contribution in [-0.2, 0) is 10.2 Å². The molecule has 0 aromatic carbocycles. The van der Waals surface area contributed by atoms with E-state index in [0.717, 1.165) is 18.4 Å². The number of hydrogen-bond acceptors (Lipinski definition) is 4. The average molecular weight is 258 g/mol. The van der Waals surface area contributed by atoms with E-state index in [-0.39, 0.29) is 0 Å². The van der Waals surface area contributed by atoms with E-state index >= 15 is 0 Å². The van der Waals surface area contributed by atoms with Crippen molar-refractivity contribution in [3.63, 3.8) is 0 Å². The molecule has 98 valence electrons. The molecule has 0 spiro atoms. The van der Waals surface area contributed by atoms with E-state index in [1.54, 1.807) is 24.5 Å². The van der Waals surface area contributed by atoms with E-state index in [0.29, 0.717) is 24.3 Å². The average Bonchev–Trinajstić information content (AvgIpc) is 3.09. The molecular formula is C14H14N2O3. The summed E-state index contributed by atoms with van der Waals surface area (Å²) in [6.45, 7) is 0. The molecule has 19 heavy (non-hydrogen) atoms. The number of pyridine rings is 1. The highest BCUT2D eigenvalue weighted by Crippen LogP contribution is 2.41. The Bertz CT molecular complexity index is 586. The van der Waals surface area contributed by atoms with Gasteiger partial charge >= 0.3 is 5.97 Å². The van der Waals surface area contributed by atoms with Crippen LogP contribution in [-0.4, -0.2) is 21.2 Å². The van der Waals surface area contributed by atoms with E-state index in [4.69, 9.17) is 4.52 Å². The molecule has 0 unspecified atom stereocenters. The van der Waals surface area contributed by atoms with Gasteiger partial charge in [0, 0.05) is 24.0 Å². The number of hydrogen-bond donors (Lipinski definition) is 1. The summed E-state index contributed by atoms with van der Waals surface area (Å²) >= 11 is 0. The van der Waals surface area contributed by atoms with Gasteiger partial charge in [0.2, 0.25) is 0 Å². The number of nitrogens with zero attached hydrogens (tertiary/aromatic N) is 2. The summed E-state index contributed by atoms with van der Waals surface area (Å²) in [5.41, 5.74) is 0.459. The van der Waals surface area contributed by atoms with Gasteiger partial charge in [-0.1, -0.05) is 18.0 Å². The molecule has 3 rings (SSSR count). The van der Waals surface area contributed by atoms with E-state index in [1.165, 1.54) is 0 Å². The van der Waals surface area contributed by atoms with Crippen molar-refractivity contribution in [1.29, 1.82) is 0 Å². The van der Waals surface area contributed by atoms with Crippen LogP contribution in [0.15, 0.2) is 35.1 Å². The van der Waals surface area contributed by atoms with Gasteiger partial charge in [0.1, 0.15) is 11.1 Å². The lowest BCUT2D eigenvalue weighted by atomic mass is 9.82. The van der Waals surface area contributed by atoms with Crippen LogP contribution in [0.4, 0.5) is 0 Å². The van der Waals surface area contributed by atoms with Crippen molar-refractivity contribution in [2.45, 2.75) is 31.1 Å². The van der Waals surface area contributed by atoms with Gasteiger partial charge in [-0.15, -0.1) is 0 Å². The molecule has 1 N–H and O–H groups in total. The molecule has 1 saturated carbocycles. The molecule has 0 saturated heterocycles. The lowest BCUT2D eigenvalue weighted by Crippen LogP contribution is -2.32. The molecule has 1 aliphatic carbocycles. The van der Waals surface area contributed by atoms with Crippen LogP contribution in [0.3, 0.4) is 0 Å². The van der Waals surface area contributed by atoms with Crippen molar-refractivity contribution in [2.75, 3.05) is 0 Å². The van der Waals surface area contributed by atoms with E-state index in [9.17, 15) is 9.90 Å². The normalized spacial score (nSPS) is 17.5. The van der Waals surface area contributed by atoms with Crippen LogP contribution in [0, 0.1) is 0 Å². The first kappa shape index (κ1) is 11.9. The zero-order valence-corrected chi connectivity index (χ0v) is 10.4. The van der Waals surface area contributed by atoms with Crippen molar-refractivity contribution >= 4 is 5.97 Å². The lowest BCUT2D eigenvalue weighted by molar-refractivity contribution is -0.143. The van der Waals surface area contributed by atoms with E-state index in [2.05, 4.69) is 10.1 Å². The van der Waals surface area contributed by atoms with Gasteiger partial charge in [-0.05, 0) is 25.0 Å². The summed E-state index contributed by atoms with van der Waals surface area (Å²) in [6.07, 6.45) is 6.44. The number of aromatic nitrogens is 2. The Hall–Kier alpha value is -2.17. The molecular weight excluding hydrogens is 244 g/mol. The van der Waals surface area contributed by atoms with Gasteiger partial charge in [-0.25, -0.2) is 0 Å². The molecule has 5 heteroatoms. The Kier molecular flexibility index (Phi) is 2.81. The number of carboxylic acid groups (broad SMARTS) is 1. The zero-order valence-electron chi connectivity index (χ0n) is 10.4. The summed E-state index contributed by atoms with van der Waals surface area (Å²) in [6, 6.07) is 5.40. The maximum Gasteiger partial charge on any atom is 0.315 e. The Morgan fingerprint density at radius 3 is 2.79 bits per heavy atom. The largest absolute Gasteiger partial charge is 0.481 e. The van der Waals surface area contributed by atoms with E-state index in [1.807, 2.05) is 6.07 Å². The molecule has 0 radical (unpaired) electrons. The van der Waals surface area contributed by atoms with Crippen LogP contribution in [0.1, 0.15) is 31.4 Å². The summed E-state index contributed by atoms with van der Waals surface area (Å²) in [5.74, 6) is -0.244. The molecule has 0 atom stereocenters. The highest BCUT2D eigenvalue weighted by atomic mass is 16.5. The van der Waals surface area contributed by atoms with Gasteiger partial charge in [0.05, 0.1) is 0 Å². The predicted octanol–water partition coefficient (Wildman–Crippen LogP) is 2.63. The minimum Gasteiger partial charge on any atom is -0.481 e. The third-order valence-electron chi connectivity index (χ3n) is 3.81. The minimum absolute atomic E-state index is 0.524. The molecule has 0 aliphatic heterocycles. The van der Waals surface area contributed by atoms with Crippen molar-refractivity contribution in [3.8, 4) is 11.3 Å². The molecule has 5 nitrogen and oxygen atoms in total. The first-order valence-electron chi connectivity index (χ1n) is 6.33. The molecule has 1 fully saturated rings. The Morgan fingerprint density at radius 1 is 1.37 bits per heavy atom. The second-order valence-electron chi connectivity index (χ2n) is 4.91. The maximum atomic E-state index is 11.6. The number of rotatable bonds is 3. The van der Waals surface area contributed by atoms with Gasteiger partial charge in [-0.2, -0.15) is 0 Å². The minimum atomic E-state index is -0.871. The number of carboxylic acids is 1. The van der Waals surface area contributed by atoms with Crippen LogP contribution in [0.5, 0.6) is 0 Å². The molecule has 1 aliphatic rings. The van der Waals surface area contributed by atoms with Crippen molar-refractivity contribution < 1.29 is 14.4 Å². The second-order valence-corrected chi connectivity index (χ2v) is 4.91. The quantitative estimate of drug-likeness (QED) is 0.915. The fourth-order valence-corrected chi connectivity index (χ4v) is 2.70. The fraction of sp³-hybridized carbons (Fsp3) is 0.357. The summed E-state index contributed by atoms with van der Waals surface area (Å²) in [7, 11) is 0. The highest BCUT2D eigenvalue weighted by molar-refractivity contribution is 5.81. The van der Waals surface area contributed by atoms with Crippen LogP contribution in [0.25, 0.3) is 11.3 Å². The summed E-state index contributed by atoms with van der Waals surface area (Å²) in [5, 5.41) is 13.5. The monoisotopic (exact) mass is 258 g/mol. The van der Waals surface area contributed by atoms with Gasteiger partial charge in [0.15, 0.2) is 5.76 Å². The highest BCUT2D eigenvalue weighted by Gasteiger charge is 2.45. The lowest BCUT2D eigenvalue weighted by Gasteiger charge is -2.19. The smallest absolute Gasteiger partial charge is 0.315 e. The summed E-state index contributed by atoms with van der Waals surface area (Å²) in [4.78, 5) is 15.6. The standard InChI is InChI=1S/C14H14N2O3/c17-13(18)14(5-1-2-6-14)12-8-11(19-16-12)10-4-3-7-15-9-10/h3-4,7-9H,1-2,5-6H2,(H,17,18). The Labute approximate surface area is 110 Å². The molecule has 0 amide bonds. The first-order valence-corrected chi connectivity index (χ1v) is 6.33. The second kappa shape index (κ2) is 4.50. The number of carbonyl (C=O) groups is 1. The zero-order chi connectivity index (χ0) is 13.3. The SMILES string of the molecule is O=C(O)C1(c2cc(-c3cccnc3)on2)CCCC1. The molecule has 2 aromatic heterocycles. The first-order chi connectivity index (χ1) is 9.22. The van der Waals surface area contributed by atoms with Crippen LogP contribution in [0.2, 0.25) is 0 Å². The third kappa shape index (κ3) is 1.91. The Morgan fingerprint density at radius 2 is 2.16 bits per heavy atom. The number of aliphatic carboxylic acids is 1.